The van der Waals surface area contributed by atoms with Crippen molar-refractivity contribution in [2.75, 3.05) is 14.1 Å². The summed E-state index contributed by atoms with van der Waals surface area (Å²) >= 11 is 0. The van der Waals surface area contributed by atoms with Crippen LogP contribution >= 0.6 is 0 Å². The van der Waals surface area contributed by atoms with Crippen LogP contribution in [0.5, 0.6) is 0 Å². The molecule has 3 nitrogen and oxygen atoms in total. The van der Waals surface area contributed by atoms with Crippen LogP contribution in [0.15, 0.2) is 0 Å². The van der Waals surface area contributed by atoms with Crippen molar-refractivity contribution in [3.8, 4) is 0 Å². The molecule has 0 heterocycles. The number of hydroxylamine groups is 3. The van der Waals surface area contributed by atoms with Crippen molar-refractivity contribution in [2.24, 2.45) is 5.73 Å². The first kappa shape index (κ1) is 9.88. The molecular formula is C7H18N2O. The first-order valence-electron chi connectivity index (χ1n) is 3.78. The molecule has 1 unspecified atom stereocenters. The molecule has 0 aliphatic heterocycles. The fraction of sp³-hybridized carbons (Fsp3) is 1.00. The largest absolute Gasteiger partial charge is 0.632 e. The van der Waals surface area contributed by atoms with E-state index in [1.807, 2.05) is 0 Å². The van der Waals surface area contributed by atoms with Gasteiger partial charge in [0.1, 0.15) is 6.17 Å². The molecule has 0 amide bonds. The number of hydrogen-bond donors (Lipinski definition) is 1. The van der Waals surface area contributed by atoms with Crippen molar-refractivity contribution in [1.82, 2.24) is 0 Å². The molecule has 0 aromatic rings. The summed E-state index contributed by atoms with van der Waals surface area (Å²) in [6, 6.07) is 0. The van der Waals surface area contributed by atoms with Crippen molar-refractivity contribution in [2.45, 2.75) is 32.4 Å². The topological polar surface area (TPSA) is 49.1 Å². The summed E-state index contributed by atoms with van der Waals surface area (Å²) in [5, 5.41) is 11.1. The molecule has 0 aromatic heterocycles. The lowest BCUT2D eigenvalue weighted by molar-refractivity contribution is -0.866. The van der Waals surface area contributed by atoms with Crippen molar-refractivity contribution in [3.63, 3.8) is 0 Å². The molecule has 62 valence electrons. The normalized spacial score (nSPS) is 15.3. The van der Waals surface area contributed by atoms with E-state index >= 15 is 0 Å². The van der Waals surface area contributed by atoms with E-state index in [-0.39, 0.29) is 10.8 Å². The Bertz CT molecular complexity index is 88.1. The van der Waals surface area contributed by atoms with Crippen LogP contribution in [0.25, 0.3) is 0 Å². The molecule has 0 bridgehead atoms. The minimum atomic E-state index is -0.375. The Labute approximate surface area is 63.0 Å². The minimum Gasteiger partial charge on any atom is -0.632 e. The fourth-order valence-electron chi connectivity index (χ4n) is 0.724. The molecule has 0 spiro atoms. The maximum Gasteiger partial charge on any atom is 0.139 e. The van der Waals surface area contributed by atoms with E-state index in [0.717, 1.165) is 19.3 Å². The van der Waals surface area contributed by atoms with Crippen LogP contribution in [0.4, 0.5) is 0 Å². The average molecular weight is 146 g/mol. The Hall–Kier alpha value is -0.120. The van der Waals surface area contributed by atoms with Gasteiger partial charge in [0.15, 0.2) is 0 Å². The molecular weight excluding hydrogens is 128 g/mol. The third-order valence-corrected chi connectivity index (χ3v) is 1.65. The molecule has 0 radical (unpaired) electrons. The lowest BCUT2D eigenvalue weighted by atomic mass is 10.2. The molecule has 0 rings (SSSR count). The Morgan fingerprint density at radius 2 is 2.00 bits per heavy atom. The number of quaternary nitrogens is 1. The third-order valence-electron chi connectivity index (χ3n) is 1.65. The monoisotopic (exact) mass is 146 g/mol. The summed E-state index contributed by atoms with van der Waals surface area (Å²) in [6.07, 6.45) is 2.73. The molecule has 3 heteroatoms. The summed E-state index contributed by atoms with van der Waals surface area (Å²) in [5.74, 6) is 0. The number of nitrogens with two attached hydrogens (primary N) is 1. The fourth-order valence-corrected chi connectivity index (χ4v) is 0.724. The predicted molar refractivity (Wildman–Crippen MR) is 43.0 cm³/mol. The standard InChI is InChI=1S/C7H18N2O/c1-4-5-6-7(8)9(2,3)10/h7H,4-6,8H2,1-3H3. The quantitative estimate of drug-likeness (QED) is 0.366. The van der Waals surface area contributed by atoms with Gasteiger partial charge in [-0.15, -0.1) is 0 Å². The first-order chi connectivity index (χ1) is 4.48. The lowest BCUT2D eigenvalue weighted by Crippen LogP contribution is -2.49. The van der Waals surface area contributed by atoms with Gasteiger partial charge in [-0.05, 0) is 6.42 Å². The molecule has 10 heavy (non-hydrogen) atoms. The van der Waals surface area contributed by atoms with Crippen LogP contribution in [0.1, 0.15) is 26.2 Å². The van der Waals surface area contributed by atoms with Gasteiger partial charge in [0, 0.05) is 6.42 Å². The number of nitrogens with zero attached hydrogens (tertiary/aromatic N) is 1. The molecule has 0 saturated heterocycles. The smallest absolute Gasteiger partial charge is 0.139 e. The highest BCUT2D eigenvalue weighted by Gasteiger charge is 2.12. The second-order valence-electron chi connectivity index (χ2n) is 3.14. The van der Waals surface area contributed by atoms with Crippen molar-refractivity contribution in [1.29, 1.82) is 0 Å². The average Bonchev–Trinajstić information content (AvgIpc) is 1.80. The summed E-state index contributed by atoms with van der Waals surface area (Å²) in [4.78, 5) is 0. The van der Waals surface area contributed by atoms with Gasteiger partial charge in [-0.3, -0.25) is 5.73 Å². The highest BCUT2D eigenvalue weighted by molar-refractivity contribution is 4.48. The van der Waals surface area contributed by atoms with Gasteiger partial charge >= 0.3 is 0 Å². The predicted octanol–water partition coefficient (Wildman–Crippen LogP) is 1.04. The number of unbranched alkanes of at least 4 members (excludes halogenated alkanes) is 1. The second kappa shape index (κ2) is 3.91. The Balaban J connectivity index is 3.52. The molecule has 0 aliphatic carbocycles. The zero-order chi connectivity index (χ0) is 8.20. The van der Waals surface area contributed by atoms with E-state index in [0.29, 0.717) is 0 Å². The van der Waals surface area contributed by atoms with Gasteiger partial charge in [0.25, 0.3) is 0 Å². The van der Waals surface area contributed by atoms with E-state index < -0.39 is 0 Å². The van der Waals surface area contributed by atoms with Gasteiger partial charge in [0.05, 0.1) is 14.1 Å². The summed E-state index contributed by atoms with van der Waals surface area (Å²) < 4.78 is -0.375. The second-order valence-corrected chi connectivity index (χ2v) is 3.14. The maximum absolute atomic E-state index is 11.1. The van der Waals surface area contributed by atoms with Gasteiger partial charge in [-0.25, -0.2) is 0 Å². The molecule has 0 saturated carbocycles. The van der Waals surface area contributed by atoms with Crippen molar-refractivity contribution >= 4 is 0 Å². The van der Waals surface area contributed by atoms with Crippen LogP contribution in [0, 0.1) is 5.21 Å². The van der Waals surface area contributed by atoms with Crippen molar-refractivity contribution < 1.29 is 4.65 Å². The highest BCUT2D eigenvalue weighted by atomic mass is 16.5. The summed E-state index contributed by atoms with van der Waals surface area (Å²) in [7, 11) is 3.17. The van der Waals surface area contributed by atoms with E-state index in [9.17, 15) is 5.21 Å². The summed E-state index contributed by atoms with van der Waals surface area (Å²) in [6.45, 7) is 2.09. The van der Waals surface area contributed by atoms with Gasteiger partial charge in [0.2, 0.25) is 0 Å². The summed E-state index contributed by atoms with van der Waals surface area (Å²) in [5.41, 5.74) is 5.60. The number of rotatable bonds is 4. The molecule has 2 N–H and O–H groups in total. The zero-order valence-electron chi connectivity index (χ0n) is 7.13. The van der Waals surface area contributed by atoms with E-state index in [1.165, 1.54) is 0 Å². The molecule has 0 aliphatic rings. The SMILES string of the molecule is CCCCC(N)[N+](C)(C)[O-]. The third kappa shape index (κ3) is 3.82. The van der Waals surface area contributed by atoms with Gasteiger partial charge in [-0.2, -0.15) is 0 Å². The van der Waals surface area contributed by atoms with Gasteiger partial charge < -0.3 is 9.85 Å². The Morgan fingerprint density at radius 1 is 1.50 bits per heavy atom. The minimum absolute atomic E-state index is 0.250. The van der Waals surface area contributed by atoms with Crippen LogP contribution in [0.2, 0.25) is 0 Å². The van der Waals surface area contributed by atoms with Crippen molar-refractivity contribution in [3.05, 3.63) is 5.21 Å². The van der Waals surface area contributed by atoms with Crippen LogP contribution in [0.3, 0.4) is 0 Å². The molecule has 0 fully saturated rings. The number of hydrogen-bond acceptors (Lipinski definition) is 2. The van der Waals surface area contributed by atoms with Crippen LogP contribution in [-0.2, 0) is 0 Å². The van der Waals surface area contributed by atoms with E-state index in [2.05, 4.69) is 6.92 Å². The van der Waals surface area contributed by atoms with Gasteiger partial charge in [-0.1, -0.05) is 13.3 Å². The van der Waals surface area contributed by atoms with E-state index in [1.54, 1.807) is 14.1 Å². The molecule has 1 atom stereocenters. The Morgan fingerprint density at radius 3 is 2.30 bits per heavy atom. The van der Waals surface area contributed by atoms with Crippen LogP contribution < -0.4 is 5.73 Å². The van der Waals surface area contributed by atoms with Crippen LogP contribution in [-0.4, -0.2) is 24.9 Å². The Kier molecular flexibility index (Phi) is 3.86. The molecule has 0 aromatic carbocycles. The highest BCUT2D eigenvalue weighted by Crippen LogP contribution is 2.06. The first-order valence-corrected chi connectivity index (χ1v) is 3.78. The maximum atomic E-state index is 11.1. The zero-order valence-corrected chi connectivity index (χ0v) is 7.13. The van der Waals surface area contributed by atoms with E-state index in [4.69, 9.17) is 5.73 Å². The lowest BCUT2D eigenvalue weighted by Gasteiger charge is -2.39.